The van der Waals surface area contributed by atoms with Crippen molar-refractivity contribution in [1.82, 2.24) is 4.90 Å². The molecule has 1 aliphatic heterocycles. The van der Waals surface area contributed by atoms with E-state index >= 15 is 0 Å². The smallest absolute Gasteiger partial charge is 0.143 e. The Labute approximate surface area is 125 Å². The van der Waals surface area contributed by atoms with Crippen LogP contribution in [-0.2, 0) is 6.54 Å². The molecule has 1 fully saturated rings. The molecule has 0 aromatic heterocycles. The molecule has 2 N–H and O–H groups in total. The van der Waals surface area contributed by atoms with Crippen LogP contribution < -0.4 is 5.73 Å². The first-order valence-corrected chi connectivity index (χ1v) is 6.76. The number of likely N-dealkylation sites (tertiary alicyclic amines) is 1. The summed E-state index contributed by atoms with van der Waals surface area (Å²) in [7, 11) is 0. The Morgan fingerprint density at radius 2 is 1.89 bits per heavy atom. The Morgan fingerprint density at radius 3 is 2.50 bits per heavy atom. The molecule has 0 amide bonds. The van der Waals surface area contributed by atoms with Gasteiger partial charge in [-0.2, -0.15) is 0 Å². The maximum Gasteiger partial charge on any atom is 0.143 e. The Bertz CT molecular complexity index is 409. The fraction of sp³-hybridized carbons (Fsp3) is 0.500. The van der Waals surface area contributed by atoms with Crippen molar-refractivity contribution < 1.29 is 8.78 Å². The van der Waals surface area contributed by atoms with Gasteiger partial charge in [0.25, 0.3) is 0 Å². The van der Waals surface area contributed by atoms with Gasteiger partial charge in [0.15, 0.2) is 0 Å². The van der Waals surface area contributed by atoms with E-state index in [4.69, 9.17) is 5.73 Å². The molecule has 0 saturated carbocycles. The van der Waals surface area contributed by atoms with Gasteiger partial charge in [0.05, 0.1) is 0 Å². The minimum atomic E-state index is -0.460. The third-order valence-electron chi connectivity index (χ3n) is 3.15. The maximum absolute atomic E-state index is 13.8. The van der Waals surface area contributed by atoms with Crippen molar-refractivity contribution in [1.29, 1.82) is 0 Å². The van der Waals surface area contributed by atoms with Gasteiger partial charge in [0.1, 0.15) is 11.6 Å². The van der Waals surface area contributed by atoms with Crippen LogP contribution in [0.15, 0.2) is 12.1 Å². The zero-order chi connectivity index (χ0) is 12.4. The van der Waals surface area contributed by atoms with Crippen LogP contribution in [0.25, 0.3) is 0 Å². The number of hydrogen-bond acceptors (Lipinski definition) is 2. The van der Waals surface area contributed by atoms with E-state index in [1.165, 1.54) is 12.1 Å². The topological polar surface area (TPSA) is 29.3 Å². The standard InChI is InChI=1S/C12H15F2IN2.ClH/c13-10-1-2-11(15)12(14)9(10)7-17-5-3-8(16)4-6-17;/h1-2,8H,3-7,16H2;1H. The fourth-order valence-electron chi connectivity index (χ4n) is 2.05. The Kier molecular flexibility index (Phi) is 6.23. The number of rotatable bonds is 2. The number of nitrogens with two attached hydrogens (primary N) is 1. The van der Waals surface area contributed by atoms with Crippen LogP contribution >= 0.6 is 35.0 Å². The number of piperidine rings is 1. The van der Waals surface area contributed by atoms with Gasteiger partial charge in [-0.15, -0.1) is 12.4 Å². The number of hydrogen-bond donors (Lipinski definition) is 1. The van der Waals surface area contributed by atoms with E-state index in [0.717, 1.165) is 25.9 Å². The zero-order valence-electron chi connectivity index (χ0n) is 9.83. The van der Waals surface area contributed by atoms with Gasteiger partial charge in [-0.25, -0.2) is 8.78 Å². The van der Waals surface area contributed by atoms with Crippen molar-refractivity contribution >= 4 is 35.0 Å². The van der Waals surface area contributed by atoms with Crippen LogP contribution in [-0.4, -0.2) is 24.0 Å². The second-order valence-corrected chi connectivity index (χ2v) is 5.60. The van der Waals surface area contributed by atoms with Gasteiger partial charge in [-0.05, 0) is 60.7 Å². The van der Waals surface area contributed by atoms with Gasteiger partial charge < -0.3 is 5.73 Å². The second kappa shape index (κ2) is 6.98. The minimum absolute atomic E-state index is 0. The largest absolute Gasteiger partial charge is 0.328 e. The minimum Gasteiger partial charge on any atom is -0.328 e. The summed E-state index contributed by atoms with van der Waals surface area (Å²) in [4.78, 5) is 2.06. The molecule has 1 aromatic carbocycles. The first-order valence-electron chi connectivity index (χ1n) is 5.68. The molecule has 1 saturated heterocycles. The van der Waals surface area contributed by atoms with Gasteiger partial charge in [0.2, 0.25) is 0 Å². The normalized spacial score (nSPS) is 17.6. The summed E-state index contributed by atoms with van der Waals surface area (Å²) in [6.07, 6.45) is 1.79. The van der Waals surface area contributed by atoms with Crippen molar-refractivity contribution in [2.75, 3.05) is 13.1 Å². The van der Waals surface area contributed by atoms with Gasteiger partial charge >= 0.3 is 0 Å². The van der Waals surface area contributed by atoms with E-state index in [-0.39, 0.29) is 24.0 Å². The molecule has 102 valence electrons. The molecule has 0 spiro atoms. The summed E-state index contributed by atoms with van der Waals surface area (Å²) in [6, 6.07) is 3.02. The van der Waals surface area contributed by atoms with Crippen molar-refractivity contribution in [3.8, 4) is 0 Å². The second-order valence-electron chi connectivity index (χ2n) is 4.44. The summed E-state index contributed by atoms with van der Waals surface area (Å²) < 4.78 is 27.8. The molecule has 18 heavy (non-hydrogen) atoms. The summed E-state index contributed by atoms with van der Waals surface area (Å²) in [5.41, 5.74) is 5.97. The van der Waals surface area contributed by atoms with E-state index in [1.807, 2.05) is 22.6 Å². The summed E-state index contributed by atoms with van der Waals surface area (Å²) in [5.74, 6) is -0.891. The maximum atomic E-state index is 13.8. The SMILES string of the molecule is Cl.NC1CCN(Cc2c(F)ccc(I)c2F)CC1. The predicted octanol–water partition coefficient (Wildman–Crippen LogP) is 2.91. The van der Waals surface area contributed by atoms with Crippen molar-refractivity contribution in [2.24, 2.45) is 5.73 Å². The van der Waals surface area contributed by atoms with E-state index in [9.17, 15) is 8.78 Å². The lowest BCUT2D eigenvalue weighted by Crippen LogP contribution is -2.39. The van der Waals surface area contributed by atoms with Crippen LogP contribution in [0, 0.1) is 15.2 Å². The molecule has 1 aromatic rings. The quantitative estimate of drug-likeness (QED) is 0.623. The van der Waals surface area contributed by atoms with Crippen LogP contribution in [0.5, 0.6) is 0 Å². The molecular formula is C12H16ClF2IN2. The average Bonchev–Trinajstić information content (AvgIpc) is 2.32. The first-order chi connectivity index (χ1) is 8.08. The van der Waals surface area contributed by atoms with Crippen molar-refractivity contribution in [3.63, 3.8) is 0 Å². The highest BCUT2D eigenvalue weighted by Gasteiger charge is 2.20. The van der Waals surface area contributed by atoms with E-state index in [1.54, 1.807) is 0 Å². The summed E-state index contributed by atoms with van der Waals surface area (Å²) in [6.45, 7) is 1.96. The summed E-state index contributed by atoms with van der Waals surface area (Å²) in [5, 5.41) is 0. The predicted molar refractivity (Wildman–Crippen MR) is 78.8 cm³/mol. The zero-order valence-corrected chi connectivity index (χ0v) is 12.8. The molecule has 0 aliphatic carbocycles. The highest BCUT2D eigenvalue weighted by molar-refractivity contribution is 14.1. The summed E-state index contributed by atoms with van der Waals surface area (Å²) >= 11 is 1.88. The van der Waals surface area contributed by atoms with Crippen molar-refractivity contribution in [2.45, 2.75) is 25.4 Å². The van der Waals surface area contributed by atoms with Crippen LogP contribution in [0.2, 0.25) is 0 Å². The molecule has 0 bridgehead atoms. The molecule has 1 heterocycles. The highest BCUT2D eigenvalue weighted by Crippen LogP contribution is 2.21. The monoisotopic (exact) mass is 388 g/mol. The van der Waals surface area contributed by atoms with Crippen molar-refractivity contribution in [3.05, 3.63) is 32.9 Å². The van der Waals surface area contributed by atoms with E-state index in [0.29, 0.717) is 10.1 Å². The molecule has 0 radical (unpaired) electrons. The number of halogens is 4. The first kappa shape index (κ1) is 16.1. The number of benzene rings is 1. The molecule has 2 nitrogen and oxygen atoms in total. The lowest BCUT2D eigenvalue weighted by Gasteiger charge is -2.30. The van der Waals surface area contributed by atoms with Crippen LogP contribution in [0.4, 0.5) is 8.78 Å². The highest BCUT2D eigenvalue weighted by atomic mass is 127. The third-order valence-corrected chi connectivity index (χ3v) is 3.99. The lowest BCUT2D eigenvalue weighted by atomic mass is 10.1. The van der Waals surface area contributed by atoms with Gasteiger partial charge in [-0.3, -0.25) is 4.90 Å². The molecule has 6 heteroatoms. The van der Waals surface area contributed by atoms with E-state index in [2.05, 4.69) is 4.90 Å². The molecular weight excluding hydrogens is 372 g/mol. The fourth-order valence-corrected chi connectivity index (χ4v) is 2.55. The van der Waals surface area contributed by atoms with E-state index < -0.39 is 11.6 Å². The lowest BCUT2D eigenvalue weighted by molar-refractivity contribution is 0.201. The van der Waals surface area contributed by atoms with Crippen LogP contribution in [0.3, 0.4) is 0 Å². The third kappa shape index (κ3) is 3.76. The molecule has 0 atom stereocenters. The number of nitrogens with zero attached hydrogens (tertiary/aromatic N) is 1. The Hall–Kier alpha value is 0.0200. The van der Waals surface area contributed by atoms with Gasteiger partial charge in [-0.1, -0.05) is 0 Å². The Balaban J connectivity index is 0.00000162. The Morgan fingerprint density at radius 1 is 1.28 bits per heavy atom. The molecule has 1 aliphatic rings. The van der Waals surface area contributed by atoms with Crippen LogP contribution in [0.1, 0.15) is 18.4 Å². The van der Waals surface area contributed by atoms with Gasteiger partial charge in [0, 0.05) is 21.7 Å². The molecule has 2 rings (SSSR count). The molecule has 0 unspecified atom stereocenters. The average molecular weight is 389 g/mol.